The van der Waals surface area contributed by atoms with Gasteiger partial charge in [-0.1, -0.05) is 30.9 Å². The molecule has 8 nitrogen and oxygen atoms in total. The predicted octanol–water partition coefficient (Wildman–Crippen LogP) is 3.72. The number of fused-ring (bicyclic) bond motifs is 1. The van der Waals surface area contributed by atoms with Gasteiger partial charge >= 0.3 is 0 Å². The summed E-state index contributed by atoms with van der Waals surface area (Å²) in [5, 5.41) is 11.4. The van der Waals surface area contributed by atoms with Crippen molar-refractivity contribution in [2.45, 2.75) is 39.7 Å². The van der Waals surface area contributed by atoms with E-state index in [4.69, 9.17) is 10.00 Å². The van der Waals surface area contributed by atoms with Crippen LogP contribution in [0.25, 0.3) is 11.2 Å². The van der Waals surface area contributed by atoms with Gasteiger partial charge in [0.15, 0.2) is 11.2 Å². The summed E-state index contributed by atoms with van der Waals surface area (Å²) in [6.07, 6.45) is 9.15. The molecule has 0 bridgehead atoms. The lowest BCUT2D eigenvalue weighted by molar-refractivity contribution is -0.115. The van der Waals surface area contributed by atoms with Crippen LogP contribution >= 0.6 is 0 Å². The fraction of sp³-hybridized carbons (Fsp3) is 0.350. The summed E-state index contributed by atoms with van der Waals surface area (Å²) in [6.45, 7) is 9.67. The third kappa shape index (κ3) is 5.27. The zero-order valence-electron chi connectivity index (χ0n) is 16.3. The van der Waals surface area contributed by atoms with Gasteiger partial charge in [-0.15, -0.1) is 0 Å². The highest BCUT2D eigenvalue weighted by Crippen LogP contribution is 2.25. The smallest absolute Gasteiger partial charge is 0.247 e. The lowest BCUT2D eigenvalue weighted by atomic mass is 10.1. The number of allylic oxidation sites excluding steroid dienone is 4. The van der Waals surface area contributed by atoms with Gasteiger partial charge < -0.3 is 9.30 Å². The van der Waals surface area contributed by atoms with Crippen LogP contribution in [0.3, 0.4) is 0 Å². The second-order valence-electron chi connectivity index (χ2n) is 6.21. The van der Waals surface area contributed by atoms with Gasteiger partial charge in [0.1, 0.15) is 6.61 Å². The molecule has 8 heteroatoms. The molecule has 2 heterocycles. The first-order valence-electron chi connectivity index (χ1n) is 8.98. The zero-order chi connectivity index (χ0) is 20.5. The minimum Gasteiger partial charge on any atom is -0.475 e. The lowest BCUT2D eigenvalue weighted by Gasteiger charge is -2.11. The average Bonchev–Trinajstić information content (AvgIpc) is 3.09. The van der Waals surface area contributed by atoms with E-state index < -0.39 is 0 Å². The Morgan fingerprint density at radius 2 is 2.25 bits per heavy atom. The molecule has 0 radical (unpaired) electrons. The number of nitrogens with zero attached hydrogens (tertiary/aromatic N) is 5. The van der Waals surface area contributed by atoms with E-state index in [1.54, 1.807) is 18.5 Å². The van der Waals surface area contributed by atoms with E-state index in [0.717, 1.165) is 5.57 Å². The van der Waals surface area contributed by atoms with Crippen molar-refractivity contribution in [3.05, 3.63) is 42.8 Å². The zero-order valence-corrected chi connectivity index (χ0v) is 16.3. The van der Waals surface area contributed by atoms with Crippen LogP contribution < -0.4 is 10.1 Å². The number of carbonyl (C=O) groups is 1. The van der Waals surface area contributed by atoms with E-state index in [2.05, 4.69) is 26.8 Å². The maximum Gasteiger partial charge on any atom is 0.247 e. The van der Waals surface area contributed by atoms with Gasteiger partial charge in [-0.3, -0.25) is 10.1 Å². The molecular weight excluding hydrogens is 356 g/mol. The van der Waals surface area contributed by atoms with Gasteiger partial charge in [-0.2, -0.15) is 15.2 Å². The van der Waals surface area contributed by atoms with Crippen LogP contribution in [0.1, 0.15) is 39.7 Å². The Morgan fingerprint density at radius 3 is 2.89 bits per heavy atom. The molecule has 28 heavy (non-hydrogen) atoms. The third-order valence-electron chi connectivity index (χ3n) is 3.83. The molecule has 2 aromatic rings. The molecular formula is C20H24N6O2. The molecule has 0 aliphatic rings. The quantitative estimate of drug-likeness (QED) is 0.525. The highest BCUT2D eigenvalue weighted by Gasteiger charge is 2.17. The third-order valence-corrected chi connectivity index (χ3v) is 3.83. The van der Waals surface area contributed by atoms with E-state index in [1.807, 2.05) is 43.6 Å². The van der Waals surface area contributed by atoms with Gasteiger partial charge in [0, 0.05) is 6.04 Å². The Kier molecular flexibility index (Phi) is 7.45. The molecule has 0 aliphatic heterocycles. The first-order valence-corrected chi connectivity index (χ1v) is 8.98. The second-order valence-corrected chi connectivity index (χ2v) is 6.21. The molecule has 0 aromatic carbocycles. The summed E-state index contributed by atoms with van der Waals surface area (Å²) in [6, 6.07) is 2.14. The number of carbonyl (C=O) groups excluding carboxylic acids is 1. The van der Waals surface area contributed by atoms with Crippen LogP contribution in [0.5, 0.6) is 5.88 Å². The average molecular weight is 380 g/mol. The summed E-state index contributed by atoms with van der Waals surface area (Å²) in [4.78, 5) is 25.5. The first-order chi connectivity index (χ1) is 13.5. The number of anilines is 1. The molecule has 1 amide bonds. The van der Waals surface area contributed by atoms with Crippen molar-refractivity contribution >= 4 is 23.0 Å². The molecule has 146 valence electrons. The molecule has 0 spiro atoms. The van der Waals surface area contributed by atoms with Crippen LogP contribution in [-0.2, 0) is 4.79 Å². The maximum atomic E-state index is 12.4. The summed E-state index contributed by atoms with van der Waals surface area (Å²) >= 11 is 0. The molecule has 0 atom stereocenters. The van der Waals surface area contributed by atoms with Crippen LogP contribution in [0.15, 0.2) is 42.8 Å². The van der Waals surface area contributed by atoms with Crippen molar-refractivity contribution < 1.29 is 9.53 Å². The fourth-order valence-electron chi connectivity index (χ4n) is 2.42. The Bertz CT molecular complexity index is 949. The number of nitriles is 1. The van der Waals surface area contributed by atoms with Crippen LogP contribution in [0, 0.1) is 11.3 Å². The Labute approximate surface area is 164 Å². The normalized spacial score (nSPS) is 11.8. The predicted molar refractivity (Wildman–Crippen MR) is 108 cm³/mol. The summed E-state index contributed by atoms with van der Waals surface area (Å²) < 4.78 is 7.47. The van der Waals surface area contributed by atoms with E-state index in [-0.39, 0.29) is 43.2 Å². The minimum atomic E-state index is -0.250. The number of amides is 1. The van der Waals surface area contributed by atoms with Crippen molar-refractivity contribution in [2.75, 3.05) is 11.9 Å². The number of aromatic nitrogens is 4. The van der Waals surface area contributed by atoms with E-state index >= 15 is 0 Å². The SMILES string of the molecule is C=C/C=C\C(=C/C)CC(=O)Nc1nc(OCCC#N)c2ncn(C(C)C)c2n1. The molecule has 0 aliphatic carbocycles. The largest absolute Gasteiger partial charge is 0.475 e. The van der Waals surface area contributed by atoms with Crippen molar-refractivity contribution in [1.29, 1.82) is 5.26 Å². The maximum absolute atomic E-state index is 12.4. The van der Waals surface area contributed by atoms with Gasteiger partial charge in [0.2, 0.25) is 17.7 Å². The Hall–Kier alpha value is -3.47. The molecule has 1 N–H and O–H groups in total. The van der Waals surface area contributed by atoms with Crippen molar-refractivity contribution in [2.24, 2.45) is 0 Å². The van der Waals surface area contributed by atoms with Gasteiger partial charge in [0.25, 0.3) is 0 Å². The van der Waals surface area contributed by atoms with Gasteiger partial charge in [-0.25, -0.2) is 4.98 Å². The number of rotatable bonds is 9. The monoisotopic (exact) mass is 380 g/mol. The van der Waals surface area contributed by atoms with E-state index in [0.29, 0.717) is 11.2 Å². The summed E-state index contributed by atoms with van der Waals surface area (Å²) in [5.41, 5.74) is 1.90. The van der Waals surface area contributed by atoms with Crippen LogP contribution in [0.4, 0.5) is 5.95 Å². The second kappa shape index (κ2) is 10.0. The van der Waals surface area contributed by atoms with Gasteiger partial charge in [-0.05, 0) is 26.3 Å². The van der Waals surface area contributed by atoms with Crippen molar-refractivity contribution in [3.63, 3.8) is 0 Å². The van der Waals surface area contributed by atoms with Crippen molar-refractivity contribution in [3.8, 4) is 11.9 Å². The minimum absolute atomic E-state index is 0.120. The number of hydrogen-bond acceptors (Lipinski definition) is 6. The topological polar surface area (TPSA) is 106 Å². The molecule has 0 saturated carbocycles. The molecule has 2 aromatic heterocycles. The molecule has 0 unspecified atom stereocenters. The first kappa shape index (κ1) is 20.8. The standard InChI is InChI=1S/C20H24N6O2/c1-5-7-9-15(6-2)12-16(27)23-20-24-18-17(22-13-26(18)14(3)4)19(25-20)28-11-8-10-21/h5-7,9,13-14H,1,8,11-12H2,2-4H3,(H,23,24,25,27)/b9-7-,15-6+. The van der Waals surface area contributed by atoms with Crippen LogP contribution in [-0.4, -0.2) is 32.0 Å². The summed E-state index contributed by atoms with van der Waals surface area (Å²) in [7, 11) is 0. The van der Waals surface area contributed by atoms with Gasteiger partial charge in [0.05, 0.1) is 25.2 Å². The Balaban J connectivity index is 2.31. The van der Waals surface area contributed by atoms with Crippen molar-refractivity contribution in [1.82, 2.24) is 19.5 Å². The van der Waals surface area contributed by atoms with E-state index in [9.17, 15) is 4.79 Å². The number of hydrogen-bond donors (Lipinski definition) is 1. The number of ether oxygens (including phenoxy) is 1. The van der Waals surface area contributed by atoms with E-state index in [1.165, 1.54) is 0 Å². The summed E-state index contributed by atoms with van der Waals surface area (Å²) in [5.74, 6) is 0.127. The number of imidazole rings is 1. The Morgan fingerprint density at radius 1 is 1.46 bits per heavy atom. The number of nitrogens with one attached hydrogen (secondary N) is 1. The molecule has 0 fully saturated rings. The lowest BCUT2D eigenvalue weighted by Crippen LogP contribution is -2.15. The molecule has 2 rings (SSSR count). The highest BCUT2D eigenvalue weighted by atomic mass is 16.5. The fourth-order valence-corrected chi connectivity index (χ4v) is 2.42. The molecule has 0 saturated heterocycles. The highest BCUT2D eigenvalue weighted by molar-refractivity contribution is 5.92. The van der Waals surface area contributed by atoms with Crippen LogP contribution in [0.2, 0.25) is 0 Å².